The van der Waals surface area contributed by atoms with Gasteiger partial charge in [-0.2, -0.15) is 0 Å². The molecule has 3 unspecified atom stereocenters. The molecule has 0 aromatic carbocycles. The van der Waals surface area contributed by atoms with Crippen LogP contribution in [0.15, 0.2) is 0 Å². The zero-order chi connectivity index (χ0) is 15.3. The summed E-state index contributed by atoms with van der Waals surface area (Å²) in [7, 11) is 0. The molecule has 1 aliphatic rings. The fraction of sp³-hybridized carbons (Fsp3) is 0.857. The zero-order valence-corrected chi connectivity index (χ0v) is 12.8. The average molecular weight is 286 g/mol. The summed E-state index contributed by atoms with van der Waals surface area (Å²) in [6.07, 6.45) is 0.844. The van der Waals surface area contributed by atoms with Gasteiger partial charge in [0.2, 0.25) is 0 Å². The SMILES string of the molecule is CCC1COC(C)CN1C(=O)NCC(C(=O)O)C(C)C. The highest BCUT2D eigenvalue weighted by Crippen LogP contribution is 2.15. The van der Waals surface area contributed by atoms with Gasteiger partial charge < -0.3 is 20.1 Å². The highest BCUT2D eigenvalue weighted by atomic mass is 16.5. The molecular weight excluding hydrogens is 260 g/mol. The van der Waals surface area contributed by atoms with Crippen LogP contribution >= 0.6 is 0 Å². The summed E-state index contributed by atoms with van der Waals surface area (Å²) in [4.78, 5) is 25.1. The number of carbonyl (C=O) groups is 2. The van der Waals surface area contributed by atoms with Crippen LogP contribution in [0.25, 0.3) is 0 Å². The van der Waals surface area contributed by atoms with E-state index in [9.17, 15) is 9.59 Å². The number of nitrogens with zero attached hydrogens (tertiary/aromatic N) is 1. The summed E-state index contributed by atoms with van der Waals surface area (Å²) in [5.41, 5.74) is 0. The van der Waals surface area contributed by atoms with Crippen molar-refractivity contribution in [3.05, 3.63) is 0 Å². The van der Waals surface area contributed by atoms with E-state index in [1.807, 2.05) is 27.7 Å². The molecule has 6 heteroatoms. The van der Waals surface area contributed by atoms with Crippen LogP contribution in [0.1, 0.15) is 34.1 Å². The number of aliphatic carboxylic acids is 1. The van der Waals surface area contributed by atoms with Crippen LogP contribution in [0.3, 0.4) is 0 Å². The van der Waals surface area contributed by atoms with E-state index >= 15 is 0 Å². The number of morpholine rings is 1. The molecule has 0 aromatic heterocycles. The van der Waals surface area contributed by atoms with Gasteiger partial charge in [-0.05, 0) is 19.3 Å². The first kappa shape index (κ1) is 16.8. The second-order valence-electron chi connectivity index (χ2n) is 5.73. The normalized spacial score (nSPS) is 24.6. The molecule has 116 valence electrons. The third kappa shape index (κ3) is 4.37. The van der Waals surface area contributed by atoms with Gasteiger partial charge in [0.25, 0.3) is 0 Å². The Bertz CT molecular complexity index is 346. The van der Waals surface area contributed by atoms with Crippen molar-refractivity contribution in [1.82, 2.24) is 10.2 Å². The number of hydrogen-bond acceptors (Lipinski definition) is 3. The predicted octanol–water partition coefficient (Wildman–Crippen LogP) is 1.55. The Labute approximate surface area is 120 Å². The van der Waals surface area contributed by atoms with Crippen molar-refractivity contribution in [3.63, 3.8) is 0 Å². The third-order valence-corrected chi connectivity index (χ3v) is 3.79. The first-order valence-electron chi connectivity index (χ1n) is 7.25. The van der Waals surface area contributed by atoms with Gasteiger partial charge in [-0.25, -0.2) is 4.79 Å². The number of carboxylic acids is 1. The lowest BCUT2D eigenvalue weighted by molar-refractivity contribution is -0.143. The van der Waals surface area contributed by atoms with E-state index in [1.165, 1.54) is 0 Å². The van der Waals surface area contributed by atoms with Crippen molar-refractivity contribution in [2.75, 3.05) is 19.7 Å². The Morgan fingerprint density at radius 1 is 1.45 bits per heavy atom. The van der Waals surface area contributed by atoms with E-state index in [0.29, 0.717) is 13.2 Å². The Balaban J connectivity index is 2.57. The summed E-state index contributed by atoms with van der Waals surface area (Å²) in [6, 6.07) is -0.132. The number of urea groups is 1. The van der Waals surface area contributed by atoms with E-state index < -0.39 is 11.9 Å². The maximum absolute atomic E-state index is 12.2. The van der Waals surface area contributed by atoms with Gasteiger partial charge in [0.1, 0.15) is 0 Å². The average Bonchev–Trinajstić information content (AvgIpc) is 2.37. The smallest absolute Gasteiger partial charge is 0.317 e. The molecular formula is C14H26N2O4. The lowest BCUT2D eigenvalue weighted by Crippen LogP contribution is -2.55. The molecule has 0 radical (unpaired) electrons. The summed E-state index contributed by atoms with van der Waals surface area (Å²) < 4.78 is 5.55. The van der Waals surface area contributed by atoms with E-state index in [1.54, 1.807) is 4.90 Å². The minimum atomic E-state index is -0.873. The third-order valence-electron chi connectivity index (χ3n) is 3.79. The fourth-order valence-electron chi connectivity index (χ4n) is 2.34. The molecule has 1 saturated heterocycles. The molecule has 1 fully saturated rings. The van der Waals surface area contributed by atoms with Gasteiger partial charge >= 0.3 is 12.0 Å². The van der Waals surface area contributed by atoms with Crippen LogP contribution in [0.5, 0.6) is 0 Å². The molecule has 1 heterocycles. The quantitative estimate of drug-likeness (QED) is 0.803. The fourth-order valence-corrected chi connectivity index (χ4v) is 2.34. The molecule has 6 nitrogen and oxygen atoms in total. The number of nitrogens with one attached hydrogen (secondary N) is 1. The Morgan fingerprint density at radius 3 is 2.60 bits per heavy atom. The number of hydrogen-bond donors (Lipinski definition) is 2. The molecule has 0 bridgehead atoms. The molecule has 2 amide bonds. The van der Waals surface area contributed by atoms with Crippen LogP contribution in [0, 0.1) is 11.8 Å². The highest BCUT2D eigenvalue weighted by molar-refractivity contribution is 5.76. The van der Waals surface area contributed by atoms with E-state index in [0.717, 1.165) is 6.42 Å². The van der Waals surface area contributed by atoms with Crippen molar-refractivity contribution in [2.24, 2.45) is 11.8 Å². The largest absolute Gasteiger partial charge is 0.481 e. The van der Waals surface area contributed by atoms with Crippen LogP contribution in [-0.2, 0) is 9.53 Å². The molecule has 0 spiro atoms. The summed E-state index contributed by atoms with van der Waals surface area (Å²) in [5, 5.41) is 11.9. The van der Waals surface area contributed by atoms with Crippen molar-refractivity contribution in [2.45, 2.75) is 46.3 Å². The summed E-state index contributed by atoms with van der Waals surface area (Å²) in [5.74, 6) is -1.45. The van der Waals surface area contributed by atoms with Gasteiger partial charge in [0, 0.05) is 13.1 Å². The number of amides is 2. The second kappa shape index (κ2) is 7.47. The lowest BCUT2D eigenvalue weighted by Gasteiger charge is -2.38. The van der Waals surface area contributed by atoms with Crippen LogP contribution in [0.2, 0.25) is 0 Å². The molecule has 1 rings (SSSR count). The minimum absolute atomic E-state index is 0.0154. The van der Waals surface area contributed by atoms with Gasteiger partial charge in [0.15, 0.2) is 0 Å². The van der Waals surface area contributed by atoms with E-state index in [-0.39, 0.29) is 30.6 Å². The highest BCUT2D eigenvalue weighted by Gasteiger charge is 2.30. The predicted molar refractivity (Wildman–Crippen MR) is 75.6 cm³/mol. The maximum Gasteiger partial charge on any atom is 0.317 e. The van der Waals surface area contributed by atoms with Crippen LogP contribution < -0.4 is 5.32 Å². The van der Waals surface area contributed by atoms with Gasteiger partial charge in [-0.15, -0.1) is 0 Å². The molecule has 0 aromatic rings. The number of carboxylic acid groups (broad SMARTS) is 1. The molecule has 3 atom stereocenters. The van der Waals surface area contributed by atoms with Crippen molar-refractivity contribution in [1.29, 1.82) is 0 Å². The van der Waals surface area contributed by atoms with E-state index in [4.69, 9.17) is 9.84 Å². The van der Waals surface area contributed by atoms with Gasteiger partial charge in [-0.1, -0.05) is 20.8 Å². The van der Waals surface area contributed by atoms with Crippen molar-refractivity contribution in [3.8, 4) is 0 Å². The molecule has 1 aliphatic heterocycles. The van der Waals surface area contributed by atoms with E-state index in [2.05, 4.69) is 5.32 Å². The van der Waals surface area contributed by atoms with Crippen LogP contribution in [-0.4, -0.2) is 53.8 Å². The zero-order valence-electron chi connectivity index (χ0n) is 12.8. The molecule has 0 aliphatic carbocycles. The monoisotopic (exact) mass is 286 g/mol. The van der Waals surface area contributed by atoms with Crippen molar-refractivity contribution < 1.29 is 19.4 Å². The van der Waals surface area contributed by atoms with Crippen molar-refractivity contribution >= 4 is 12.0 Å². The number of rotatable bonds is 5. The summed E-state index contributed by atoms with van der Waals surface area (Å²) in [6.45, 7) is 8.88. The number of ether oxygens (including phenoxy) is 1. The molecule has 2 N–H and O–H groups in total. The first-order valence-corrected chi connectivity index (χ1v) is 7.25. The summed E-state index contributed by atoms with van der Waals surface area (Å²) >= 11 is 0. The van der Waals surface area contributed by atoms with Gasteiger partial charge in [0.05, 0.1) is 24.7 Å². The van der Waals surface area contributed by atoms with Crippen LogP contribution in [0.4, 0.5) is 4.79 Å². The minimum Gasteiger partial charge on any atom is -0.481 e. The Hall–Kier alpha value is -1.30. The first-order chi connectivity index (χ1) is 9.36. The lowest BCUT2D eigenvalue weighted by atomic mass is 9.96. The topological polar surface area (TPSA) is 78.9 Å². The standard InChI is InChI=1S/C14H26N2O4/c1-5-11-8-20-10(4)7-16(11)14(19)15-6-12(9(2)3)13(17)18/h9-12H,5-8H2,1-4H3,(H,15,19)(H,17,18). The number of carbonyl (C=O) groups excluding carboxylic acids is 1. The Kier molecular flexibility index (Phi) is 6.26. The maximum atomic E-state index is 12.2. The molecule has 20 heavy (non-hydrogen) atoms. The molecule has 0 saturated carbocycles. The van der Waals surface area contributed by atoms with Gasteiger partial charge in [-0.3, -0.25) is 4.79 Å². The Morgan fingerprint density at radius 2 is 2.10 bits per heavy atom. The second-order valence-corrected chi connectivity index (χ2v) is 5.73.